The van der Waals surface area contributed by atoms with Crippen LogP contribution >= 0.6 is 11.6 Å². The van der Waals surface area contributed by atoms with E-state index in [0.717, 1.165) is 22.4 Å². The lowest BCUT2D eigenvalue weighted by molar-refractivity contribution is -0.117. The van der Waals surface area contributed by atoms with E-state index in [9.17, 15) is 9.59 Å². The molecule has 0 saturated carbocycles. The molecule has 0 aliphatic heterocycles. The molecule has 0 fully saturated rings. The number of aryl methyl sites for hydroxylation is 2. The van der Waals surface area contributed by atoms with Gasteiger partial charge in [0.25, 0.3) is 0 Å². The monoisotopic (exact) mass is 509 g/mol. The van der Waals surface area contributed by atoms with E-state index in [2.05, 4.69) is 20.6 Å². The molecule has 3 rings (SSSR count). The number of anilines is 2. The number of nitrogens with two attached hydrogens (primary N) is 1. The first-order valence-corrected chi connectivity index (χ1v) is 12.1. The number of nitrogens with zero attached hydrogens (tertiary/aromatic N) is 2. The highest BCUT2D eigenvalue weighted by molar-refractivity contribution is 6.31. The summed E-state index contributed by atoms with van der Waals surface area (Å²) in [5.41, 5.74) is 9.19. The first kappa shape index (κ1) is 26.9. The third kappa shape index (κ3) is 8.23. The number of carbonyl (C=O) groups excluding carboxylic acids is 2. The number of hydrogen-bond acceptors (Lipinski definition) is 6. The minimum Gasteiger partial charge on any atom is -0.444 e. The van der Waals surface area contributed by atoms with Crippen LogP contribution < -0.4 is 16.4 Å². The van der Waals surface area contributed by atoms with Gasteiger partial charge in [-0.2, -0.15) is 0 Å². The predicted octanol–water partition coefficient (Wildman–Crippen LogP) is 5.27. The van der Waals surface area contributed by atoms with Crippen LogP contribution in [0.15, 0.2) is 54.7 Å². The van der Waals surface area contributed by atoms with Gasteiger partial charge in [0, 0.05) is 5.69 Å². The number of aromatic nitrogens is 2. The van der Waals surface area contributed by atoms with Crippen molar-refractivity contribution in [1.82, 2.24) is 15.3 Å². The van der Waals surface area contributed by atoms with Crippen LogP contribution in [0.3, 0.4) is 0 Å². The van der Waals surface area contributed by atoms with Gasteiger partial charge in [-0.3, -0.25) is 4.79 Å². The van der Waals surface area contributed by atoms with Gasteiger partial charge in [-0.1, -0.05) is 48.0 Å². The maximum absolute atomic E-state index is 12.0. The lowest BCUT2D eigenvalue weighted by atomic mass is 9.99. The number of ether oxygens (including phenoxy) is 1. The Morgan fingerprint density at radius 2 is 1.72 bits per heavy atom. The molecule has 190 valence electrons. The smallest absolute Gasteiger partial charge is 0.408 e. The zero-order chi connectivity index (χ0) is 26.3. The third-order valence-electron chi connectivity index (χ3n) is 5.33. The fraction of sp³-hybridized carbons (Fsp3) is 0.333. The van der Waals surface area contributed by atoms with Crippen molar-refractivity contribution in [2.45, 2.75) is 58.6 Å². The number of halogens is 1. The van der Waals surface area contributed by atoms with E-state index >= 15 is 0 Å². The molecule has 0 aliphatic carbocycles. The van der Waals surface area contributed by atoms with Crippen molar-refractivity contribution in [2.75, 3.05) is 5.32 Å². The van der Waals surface area contributed by atoms with Crippen molar-refractivity contribution >= 4 is 35.2 Å². The third-order valence-corrected chi connectivity index (χ3v) is 5.65. The number of primary amides is 1. The minimum absolute atomic E-state index is 0.197. The maximum Gasteiger partial charge on any atom is 0.408 e. The summed E-state index contributed by atoms with van der Waals surface area (Å²) in [5, 5.41) is 6.50. The second kappa shape index (κ2) is 11.9. The average molecular weight is 510 g/mol. The second-order valence-corrected chi connectivity index (χ2v) is 9.92. The Bertz CT molecular complexity index is 1210. The molecular formula is C27H32ClN5O3. The Morgan fingerprint density at radius 3 is 2.36 bits per heavy atom. The number of rotatable bonds is 9. The second-order valence-electron chi connectivity index (χ2n) is 9.51. The van der Waals surface area contributed by atoms with E-state index in [1.165, 1.54) is 0 Å². The highest BCUT2D eigenvalue weighted by Gasteiger charge is 2.18. The van der Waals surface area contributed by atoms with Crippen LogP contribution in [0.4, 0.5) is 16.4 Å². The molecule has 1 atom stereocenters. The first-order valence-electron chi connectivity index (χ1n) is 11.7. The quantitative estimate of drug-likeness (QED) is 0.361. The van der Waals surface area contributed by atoms with Gasteiger partial charge < -0.3 is 21.1 Å². The largest absolute Gasteiger partial charge is 0.444 e. The molecule has 0 spiro atoms. The molecule has 8 nitrogen and oxygen atoms in total. The topological polar surface area (TPSA) is 119 Å². The standard InChI is InChI=1S/C27H32ClN5O3/c1-17(31-26(35)36-27(2,3)4)18-9-12-21(13-10-18)32-25-30-16-22(28)23(33-25)14-11-19-7-5-6-8-20(19)15-24(29)34/h5-10,12-13,16-17H,11,14-15H2,1-4H3,(H2,29,34)(H,31,35)(H,30,32,33). The molecule has 1 heterocycles. The highest BCUT2D eigenvalue weighted by Crippen LogP contribution is 2.22. The van der Waals surface area contributed by atoms with Crippen molar-refractivity contribution in [3.8, 4) is 0 Å². The number of benzene rings is 2. The van der Waals surface area contributed by atoms with Crippen LogP contribution in [0.25, 0.3) is 0 Å². The number of carbonyl (C=O) groups is 2. The molecule has 36 heavy (non-hydrogen) atoms. The molecule has 0 radical (unpaired) electrons. The Balaban J connectivity index is 1.63. The Hall–Kier alpha value is -3.65. The van der Waals surface area contributed by atoms with Crippen LogP contribution in [0.5, 0.6) is 0 Å². The van der Waals surface area contributed by atoms with Gasteiger partial charge in [0.15, 0.2) is 0 Å². The van der Waals surface area contributed by atoms with Crippen LogP contribution in [-0.2, 0) is 28.8 Å². The molecule has 0 bridgehead atoms. The number of alkyl carbamates (subject to hydrolysis) is 1. The Labute approximate surface area is 216 Å². The van der Waals surface area contributed by atoms with Crippen LogP contribution in [0.1, 0.15) is 56.1 Å². The minimum atomic E-state index is -0.554. The van der Waals surface area contributed by atoms with Crippen molar-refractivity contribution in [2.24, 2.45) is 5.73 Å². The summed E-state index contributed by atoms with van der Waals surface area (Å²) in [6.45, 7) is 7.36. The van der Waals surface area contributed by atoms with Gasteiger partial charge in [-0.25, -0.2) is 14.8 Å². The summed E-state index contributed by atoms with van der Waals surface area (Å²) in [6.07, 6.45) is 2.55. The molecule has 0 saturated heterocycles. The first-order chi connectivity index (χ1) is 17.0. The van der Waals surface area contributed by atoms with Gasteiger partial charge in [-0.15, -0.1) is 0 Å². The predicted molar refractivity (Wildman–Crippen MR) is 141 cm³/mol. The van der Waals surface area contributed by atoms with E-state index in [1.807, 2.05) is 76.2 Å². The van der Waals surface area contributed by atoms with Crippen LogP contribution in [0.2, 0.25) is 5.02 Å². The summed E-state index contributed by atoms with van der Waals surface area (Å²) in [4.78, 5) is 32.3. The summed E-state index contributed by atoms with van der Waals surface area (Å²) < 4.78 is 5.31. The van der Waals surface area contributed by atoms with Gasteiger partial charge in [0.2, 0.25) is 11.9 Å². The van der Waals surface area contributed by atoms with E-state index in [-0.39, 0.29) is 18.4 Å². The van der Waals surface area contributed by atoms with E-state index in [0.29, 0.717) is 29.5 Å². The molecule has 1 aromatic heterocycles. The van der Waals surface area contributed by atoms with Gasteiger partial charge in [0.1, 0.15) is 5.60 Å². The van der Waals surface area contributed by atoms with Crippen molar-refractivity contribution in [3.05, 3.63) is 82.1 Å². The number of amides is 2. The van der Waals surface area contributed by atoms with Crippen molar-refractivity contribution in [3.63, 3.8) is 0 Å². The molecular weight excluding hydrogens is 478 g/mol. The fourth-order valence-corrected chi connectivity index (χ4v) is 3.79. The summed E-state index contributed by atoms with van der Waals surface area (Å²) in [6, 6.07) is 15.1. The lowest BCUT2D eigenvalue weighted by Crippen LogP contribution is -2.34. The van der Waals surface area contributed by atoms with E-state index < -0.39 is 11.7 Å². The van der Waals surface area contributed by atoms with Gasteiger partial charge >= 0.3 is 6.09 Å². The normalized spacial score (nSPS) is 12.0. The molecule has 2 amide bonds. The summed E-state index contributed by atoms with van der Waals surface area (Å²) in [5.74, 6) is 0.0579. The Kier molecular flexibility index (Phi) is 8.88. The molecule has 4 N–H and O–H groups in total. The summed E-state index contributed by atoms with van der Waals surface area (Å²) in [7, 11) is 0. The highest BCUT2D eigenvalue weighted by atomic mass is 35.5. The van der Waals surface area contributed by atoms with E-state index in [4.69, 9.17) is 22.1 Å². The average Bonchev–Trinajstić information content (AvgIpc) is 2.79. The maximum atomic E-state index is 12.0. The molecule has 0 aliphatic rings. The van der Waals surface area contributed by atoms with Crippen molar-refractivity contribution in [1.29, 1.82) is 0 Å². The van der Waals surface area contributed by atoms with E-state index in [1.54, 1.807) is 6.20 Å². The van der Waals surface area contributed by atoms with Crippen LogP contribution in [0, 0.1) is 0 Å². The SMILES string of the molecule is CC(NC(=O)OC(C)(C)C)c1ccc(Nc2ncc(Cl)c(CCc3ccccc3CC(N)=O)n2)cc1. The number of nitrogens with one attached hydrogen (secondary N) is 2. The zero-order valence-electron chi connectivity index (χ0n) is 21.0. The van der Waals surface area contributed by atoms with Gasteiger partial charge in [0.05, 0.1) is 29.4 Å². The molecule has 3 aromatic rings. The van der Waals surface area contributed by atoms with Crippen LogP contribution in [-0.4, -0.2) is 27.6 Å². The molecule has 1 unspecified atom stereocenters. The van der Waals surface area contributed by atoms with Crippen molar-refractivity contribution < 1.29 is 14.3 Å². The summed E-state index contributed by atoms with van der Waals surface area (Å²) >= 11 is 6.36. The molecule has 2 aromatic carbocycles. The zero-order valence-corrected chi connectivity index (χ0v) is 21.7. The Morgan fingerprint density at radius 1 is 1.06 bits per heavy atom. The van der Waals surface area contributed by atoms with Gasteiger partial charge in [-0.05, 0) is 69.4 Å². The fourth-order valence-electron chi connectivity index (χ4n) is 3.60. The molecule has 9 heteroatoms. The number of hydrogen-bond donors (Lipinski definition) is 3. The lowest BCUT2D eigenvalue weighted by Gasteiger charge is -2.22.